The van der Waals surface area contributed by atoms with Crippen molar-refractivity contribution >= 4 is 0 Å². The second-order valence-electron chi connectivity index (χ2n) is 3.76. The minimum atomic E-state index is -0.0308. The lowest BCUT2D eigenvalue weighted by Crippen LogP contribution is -2.11. The van der Waals surface area contributed by atoms with Gasteiger partial charge in [-0.15, -0.1) is 6.58 Å². The van der Waals surface area contributed by atoms with Gasteiger partial charge >= 0.3 is 0 Å². The van der Waals surface area contributed by atoms with Crippen LogP contribution in [0.25, 0.3) is 0 Å². The number of hydrogen-bond donors (Lipinski definition) is 1. The first-order valence-electron chi connectivity index (χ1n) is 5.12. The number of hydrogen-bond acceptors (Lipinski definition) is 2. The second-order valence-corrected chi connectivity index (χ2v) is 3.76. The topological polar surface area (TPSA) is 35.2 Å². The third-order valence-electron chi connectivity index (χ3n) is 2.73. The first-order valence-corrected chi connectivity index (χ1v) is 5.12. The molecule has 0 aromatic heterocycles. The van der Waals surface area contributed by atoms with Crippen molar-refractivity contribution in [3.63, 3.8) is 0 Å². The van der Waals surface area contributed by atoms with Gasteiger partial charge in [-0.05, 0) is 31.4 Å². The Hall–Kier alpha value is -1.28. The molecule has 2 heteroatoms. The summed E-state index contributed by atoms with van der Waals surface area (Å²) in [4.78, 5) is 0. The summed E-state index contributed by atoms with van der Waals surface area (Å²) in [6, 6.07) is 4.09. The second kappa shape index (κ2) is 4.99. The molecular formula is C13H19NO. The normalized spacial score (nSPS) is 12.3. The summed E-state index contributed by atoms with van der Waals surface area (Å²) in [5.41, 5.74) is 9.49. The first-order chi connectivity index (χ1) is 7.11. The molecule has 0 fully saturated rings. The van der Waals surface area contributed by atoms with Crippen LogP contribution in [0.4, 0.5) is 0 Å². The SMILES string of the molecule is C=CCC(N)c1ccc(C)c(C)c1OC. The molecule has 0 aliphatic rings. The molecule has 2 N–H and O–H groups in total. The Labute approximate surface area is 91.7 Å². The van der Waals surface area contributed by atoms with Crippen LogP contribution in [0.5, 0.6) is 5.75 Å². The zero-order valence-corrected chi connectivity index (χ0v) is 9.71. The Bertz CT molecular complexity index is 358. The molecule has 0 heterocycles. The van der Waals surface area contributed by atoms with Crippen LogP contribution in [0.2, 0.25) is 0 Å². The Kier molecular flexibility index (Phi) is 3.92. The Morgan fingerprint density at radius 2 is 2.13 bits per heavy atom. The van der Waals surface area contributed by atoms with Crippen LogP contribution in [0.1, 0.15) is 29.2 Å². The van der Waals surface area contributed by atoms with Gasteiger partial charge < -0.3 is 10.5 Å². The van der Waals surface area contributed by atoms with Crippen LogP contribution in [-0.2, 0) is 0 Å². The predicted molar refractivity (Wildman–Crippen MR) is 64.2 cm³/mol. The molecule has 0 aliphatic heterocycles. The lowest BCUT2D eigenvalue weighted by molar-refractivity contribution is 0.402. The van der Waals surface area contributed by atoms with Crippen molar-refractivity contribution in [2.45, 2.75) is 26.3 Å². The van der Waals surface area contributed by atoms with Gasteiger partial charge in [0.1, 0.15) is 5.75 Å². The Morgan fingerprint density at radius 1 is 1.47 bits per heavy atom. The highest BCUT2D eigenvalue weighted by molar-refractivity contribution is 5.46. The van der Waals surface area contributed by atoms with Crippen molar-refractivity contribution in [2.75, 3.05) is 7.11 Å². The largest absolute Gasteiger partial charge is 0.496 e. The zero-order chi connectivity index (χ0) is 11.4. The first kappa shape index (κ1) is 11.8. The molecule has 1 aromatic carbocycles. The van der Waals surface area contributed by atoms with E-state index in [1.54, 1.807) is 7.11 Å². The quantitative estimate of drug-likeness (QED) is 0.767. The van der Waals surface area contributed by atoms with E-state index in [4.69, 9.17) is 10.5 Å². The van der Waals surface area contributed by atoms with Crippen LogP contribution in [0.15, 0.2) is 24.8 Å². The molecule has 0 aliphatic carbocycles. The number of nitrogens with two attached hydrogens (primary N) is 1. The van der Waals surface area contributed by atoms with Crippen LogP contribution < -0.4 is 10.5 Å². The molecule has 82 valence electrons. The number of aryl methyl sites for hydroxylation is 1. The fourth-order valence-electron chi connectivity index (χ4n) is 1.68. The van der Waals surface area contributed by atoms with E-state index in [-0.39, 0.29) is 6.04 Å². The van der Waals surface area contributed by atoms with E-state index in [0.29, 0.717) is 0 Å². The fraction of sp³-hybridized carbons (Fsp3) is 0.385. The third-order valence-corrected chi connectivity index (χ3v) is 2.73. The van der Waals surface area contributed by atoms with E-state index >= 15 is 0 Å². The van der Waals surface area contributed by atoms with E-state index < -0.39 is 0 Å². The van der Waals surface area contributed by atoms with Crippen molar-refractivity contribution in [3.05, 3.63) is 41.5 Å². The minimum Gasteiger partial charge on any atom is -0.496 e. The monoisotopic (exact) mass is 205 g/mol. The van der Waals surface area contributed by atoms with Crippen molar-refractivity contribution in [3.8, 4) is 5.75 Å². The number of methoxy groups -OCH3 is 1. The average Bonchev–Trinajstić information content (AvgIpc) is 2.22. The molecule has 0 amide bonds. The molecule has 15 heavy (non-hydrogen) atoms. The lowest BCUT2D eigenvalue weighted by Gasteiger charge is -2.17. The van der Waals surface area contributed by atoms with Crippen molar-refractivity contribution in [1.82, 2.24) is 0 Å². The zero-order valence-electron chi connectivity index (χ0n) is 9.71. The van der Waals surface area contributed by atoms with Crippen molar-refractivity contribution in [2.24, 2.45) is 5.73 Å². The maximum absolute atomic E-state index is 6.05. The summed E-state index contributed by atoms with van der Waals surface area (Å²) >= 11 is 0. The maximum Gasteiger partial charge on any atom is 0.126 e. The Balaban J connectivity index is 3.17. The third kappa shape index (κ3) is 2.39. The fourth-order valence-corrected chi connectivity index (χ4v) is 1.68. The standard InChI is InChI=1S/C13H19NO/c1-5-6-12(14)11-8-7-9(2)10(3)13(11)15-4/h5,7-8,12H,1,6,14H2,2-4H3. The molecule has 0 saturated heterocycles. The van der Waals surface area contributed by atoms with Gasteiger partial charge in [0.2, 0.25) is 0 Å². The Morgan fingerprint density at radius 3 is 2.67 bits per heavy atom. The van der Waals surface area contributed by atoms with Crippen molar-refractivity contribution in [1.29, 1.82) is 0 Å². The van der Waals surface area contributed by atoms with E-state index in [1.165, 1.54) is 5.56 Å². The molecular weight excluding hydrogens is 186 g/mol. The summed E-state index contributed by atoms with van der Waals surface area (Å²) in [6.45, 7) is 7.82. The van der Waals surface area contributed by atoms with Gasteiger partial charge in [0.05, 0.1) is 7.11 Å². The van der Waals surface area contributed by atoms with E-state index in [1.807, 2.05) is 12.1 Å². The smallest absolute Gasteiger partial charge is 0.126 e. The van der Waals surface area contributed by atoms with Crippen LogP contribution >= 0.6 is 0 Å². The summed E-state index contributed by atoms with van der Waals surface area (Å²) < 4.78 is 5.41. The lowest BCUT2D eigenvalue weighted by atomic mass is 9.98. The minimum absolute atomic E-state index is 0.0308. The summed E-state index contributed by atoms with van der Waals surface area (Å²) in [5.74, 6) is 0.907. The van der Waals surface area contributed by atoms with Gasteiger partial charge in [-0.25, -0.2) is 0 Å². The van der Waals surface area contributed by atoms with Gasteiger partial charge in [-0.1, -0.05) is 18.2 Å². The van der Waals surface area contributed by atoms with Crippen LogP contribution in [-0.4, -0.2) is 7.11 Å². The molecule has 1 unspecified atom stereocenters. The number of ether oxygens (including phenoxy) is 1. The van der Waals surface area contributed by atoms with Gasteiger partial charge in [0.15, 0.2) is 0 Å². The summed E-state index contributed by atoms with van der Waals surface area (Å²) in [7, 11) is 1.69. The molecule has 1 rings (SSSR count). The molecule has 0 radical (unpaired) electrons. The van der Waals surface area contributed by atoms with Crippen LogP contribution in [0, 0.1) is 13.8 Å². The highest BCUT2D eigenvalue weighted by Gasteiger charge is 2.13. The number of benzene rings is 1. The van der Waals surface area contributed by atoms with Gasteiger partial charge in [0.25, 0.3) is 0 Å². The molecule has 0 bridgehead atoms. The molecule has 2 nitrogen and oxygen atoms in total. The molecule has 1 aromatic rings. The number of rotatable bonds is 4. The highest BCUT2D eigenvalue weighted by Crippen LogP contribution is 2.31. The predicted octanol–water partition coefficient (Wildman–Crippen LogP) is 2.89. The van der Waals surface area contributed by atoms with Gasteiger partial charge in [0, 0.05) is 11.6 Å². The van der Waals surface area contributed by atoms with Gasteiger partial charge in [-0.2, -0.15) is 0 Å². The van der Waals surface area contributed by atoms with E-state index in [2.05, 4.69) is 26.5 Å². The highest BCUT2D eigenvalue weighted by atomic mass is 16.5. The molecule has 0 saturated carbocycles. The van der Waals surface area contributed by atoms with E-state index in [9.17, 15) is 0 Å². The molecule has 1 atom stereocenters. The van der Waals surface area contributed by atoms with Gasteiger partial charge in [-0.3, -0.25) is 0 Å². The summed E-state index contributed by atoms with van der Waals surface area (Å²) in [5, 5.41) is 0. The average molecular weight is 205 g/mol. The maximum atomic E-state index is 6.05. The van der Waals surface area contributed by atoms with Crippen LogP contribution in [0.3, 0.4) is 0 Å². The summed E-state index contributed by atoms with van der Waals surface area (Å²) in [6.07, 6.45) is 2.60. The van der Waals surface area contributed by atoms with Crippen molar-refractivity contribution < 1.29 is 4.74 Å². The van der Waals surface area contributed by atoms with E-state index in [0.717, 1.165) is 23.3 Å². The molecule has 0 spiro atoms.